The van der Waals surface area contributed by atoms with Gasteiger partial charge in [-0.05, 0) is 12.5 Å². The number of ether oxygens (including phenoxy) is 1. The Morgan fingerprint density at radius 2 is 2.42 bits per heavy atom. The van der Waals surface area contributed by atoms with Crippen molar-refractivity contribution in [1.29, 1.82) is 0 Å². The topological polar surface area (TPSA) is 77.2 Å². The van der Waals surface area contributed by atoms with Crippen molar-refractivity contribution in [3.63, 3.8) is 0 Å². The van der Waals surface area contributed by atoms with E-state index in [1.165, 1.54) is 6.20 Å². The number of carboxylic acid groups (broad SMARTS) is 1. The van der Waals surface area contributed by atoms with Gasteiger partial charge in [0.1, 0.15) is 5.82 Å². The molecule has 1 fully saturated rings. The lowest BCUT2D eigenvalue weighted by Gasteiger charge is -2.27. The van der Waals surface area contributed by atoms with Crippen LogP contribution in [0.2, 0.25) is 0 Å². The van der Waals surface area contributed by atoms with Gasteiger partial charge in [0.05, 0.1) is 29.6 Å². The molecule has 6 nitrogen and oxygen atoms in total. The first kappa shape index (κ1) is 12.4. The Balaban J connectivity index is 2.08. The average Bonchev–Trinajstić information content (AvgIpc) is 2.70. The van der Waals surface area contributed by atoms with Crippen LogP contribution < -0.4 is 0 Å². The normalized spacial score (nSPS) is 18.5. The summed E-state index contributed by atoms with van der Waals surface area (Å²) in [6, 6.07) is 1.58. The number of fused-ring (bicyclic) bond motifs is 1. The molecule has 0 aliphatic carbocycles. The van der Waals surface area contributed by atoms with Gasteiger partial charge in [0.2, 0.25) is 0 Å². The minimum absolute atomic E-state index is 0.143. The molecule has 3 rings (SSSR count). The standard InChI is InChI=1S/C12H12ClN3O3/c13-4-10-15-11-9(3-7(5-14-11)12(17)18)16(10)6-8-1-2-19-8/h3,5,8H,1-2,4,6H2,(H,17,18). The van der Waals surface area contributed by atoms with Crippen LogP contribution in [0.25, 0.3) is 11.2 Å². The first-order chi connectivity index (χ1) is 9.19. The molecule has 0 amide bonds. The lowest BCUT2D eigenvalue weighted by atomic mass is 10.2. The van der Waals surface area contributed by atoms with Gasteiger partial charge < -0.3 is 14.4 Å². The van der Waals surface area contributed by atoms with Crippen LogP contribution in [-0.4, -0.2) is 38.3 Å². The molecule has 1 N–H and O–H groups in total. The Labute approximate surface area is 114 Å². The molecule has 19 heavy (non-hydrogen) atoms. The number of aromatic carboxylic acids is 1. The van der Waals surface area contributed by atoms with E-state index in [4.69, 9.17) is 21.4 Å². The smallest absolute Gasteiger partial charge is 0.337 e. The third-order valence-electron chi connectivity index (χ3n) is 3.23. The molecule has 1 aliphatic rings. The van der Waals surface area contributed by atoms with Crippen LogP contribution in [0, 0.1) is 0 Å². The number of carbonyl (C=O) groups is 1. The van der Waals surface area contributed by atoms with Crippen molar-refractivity contribution in [2.45, 2.75) is 24.9 Å². The summed E-state index contributed by atoms with van der Waals surface area (Å²) in [5.41, 5.74) is 1.34. The van der Waals surface area contributed by atoms with Crippen LogP contribution in [0.15, 0.2) is 12.3 Å². The van der Waals surface area contributed by atoms with Gasteiger partial charge in [-0.2, -0.15) is 0 Å². The molecule has 1 unspecified atom stereocenters. The zero-order valence-corrected chi connectivity index (χ0v) is 10.8. The van der Waals surface area contributed by atoms with Crippen molar-refractivity contribution >= 4 is 28.7 Å². The minimum atomic E-state index is -1.01. The molecule has 0 spiro atoms. The molecular weight excluding hydrogens is 270 g/mol. The molecule has 0 bridgehead atoms. The number of hydrogen-bond acceptors (Lipinski definition) is 4. The summed E-state index contributed by atoms with van der Waals surface area (Å²) in [5.74, 6) is -0.0671. The van der Waals surface area contributed by atoms with Crippen molar-refractivity contribution < 1.29 is 14.6 Å². The lowest BCUT2D eigenvalue weighted by molar-refractivity contribution is -0.0589. The number of nitrogens with zero attached hydrogens (tertiary/aromatic N) is 3. The second kappa shape index (κ2) is 4.79. The molecule has 1 saturated heterocycles. The fourth-order valence-corrected chi connectivity index (χ4v) is 2.31. The van der Waals surface area contributed by atoms with E-state index in [1.54, 1.807) is 6.07 Å². The highest BCUT2D eigenvalue weighted by Gasteiger charge is 2.22. The SMILES string of the molecule is O=C(O)c1cnc2nc(CCl)n(CC3CCO3)c2c1. The third kappa shape index (κ3) is 2.17. The Bertz CT molecular complexity index is 636. The van der Waals surface area contributed by atoms with Crippen molar-refractivity contribution in [2.24, 2.45) is 0 Å². The Kier molecular flexibility index (Phi) is 3.12. The van der Waals surface area contributed by atoms with Gasteiger partial charge in [-0.3, -0.25) is 0 Å². The number of pyridine rings is 1. The van der Waals surface area contributed by atoms with Crippen LogP contribution >= 0.6 is 11.6 Å². The Morgan fingerprint density at radius 3 is 3.00 bits per heavy atom. The van der Waals surface area contributed by atoms with Crippen LogP contribution in [-0.2, 0) is 17.2 Å². The van der Waals surface area contributed by atoms with Crippen molar-refractivity contribution in [1.82, 2.24) is 14.5 Å². The van der Waals surface area contributed by atoms with Gasteiger partial charge in [-0.15, -0.1) is 11.6 Å². The van der Waals surface area contributed by atoms with Gasteiger partial charge in [0, 0.05) is 12.8 Å². The van der Waals surface area contributed by atoms with Gasteiger partial charge in [0.15, 0.2) is 5.65 Å². The zero-order chi connectivity index (χ0) is 13.4. The minimum Gasteiger partial charge on any atom is -0.478 e. The molecule has 7 heteroatoms. The second-order valence-electron chi connectivity index (χ2n) is 4.43. The highest BCUT2D eigenvalue weighted by atomic mass is 35.5. The van der Waals surface area contributed by atoms with E-state index in [1.807, 2.05) is 4.57 Å². The number of hydrogen-bond donors (Lipinski definition) is 1. The lowest BCUT2D eigenvalue weighted by Crippen LogP contribution is -2.31. The number of halogens is 1. The maximum atomic E-state index is 11.0. The van der Waals surface area contributed by atoms with E-state index in [-0.39, 0.29) is 17.5 Å². The molecule has 0 saturated carbocycles. The molecular formula is C12H12ClN3O3. The maximum absolute atomic E-state index is 11.0. The van der Waals surface area contributed by atoms with E-state index in [0.717, 1.165) is 13.0 Å². The van der Waals surface area contributed by atoms with Crippen LogP contribution in [0.4, 0.5) is 0 Å². The number of rotatable bonds is 4. The number of imidazole rings is 1. The van der Waals surface area contributed by atoms with Crippen LogP contribution in [0.1, 0.15) is 22.6 Å². The Morgan fingerprint density at radius 1 is 1.63 bits per heavy atom. The van der Waals surface area contributed by atoms with Gasteiger partial charge in [-0.1, -0.05) is 0 Å². The number of alkyl halides is 1. The molecule has 2 aromatic rings. The molecule has 0 aromatic carbocycles. The highest BCUT2D eigenvalue weighted by molar-refractivity contribution is 6.16. The summed E-state index contributed by atoms with van der Waals surface area (Å²) < 4.78 is 7.30. The number of aromatic nitrogens is 3. The molecule has 0 radical (unpaired) electrons. The van der Waals surface area contributed by atoms with Crippen molar-refractivity contribution in [3.05, 3.63) is 23.7 Å². The molecule has 3 heterocycles. The monoisotopic (exact) mass is 281 g/mol. The number of carboxylic acids is 1. The van der Waals surface area contributed by atoms with E-state index in [9.17, 15) is 4.79 Å². The summed E-state index contributed by atoms with van der Waals surface area (Å²) in [7, 11) is 0. The van der Waals surface area contributed by atoms with E-state index in [2.05, 4.69) is 9.97 Å². The molecule has 100 valence electrons. The second-order valence-corrected chi connectivity index (χ2v) is 4.69. The quantitative estimate of drug-likeness (QED) is 0.863. The zero-order valence-electron chi connectivity index (χ0n) is 10.0. The molecule has 1 atom stereocenters. The summed E-state index contributed by atoms with van der Waals surface area (Å²) in [5, 5.41) is 9.02. The van der Waals surface area contributed by atoms with E-state index < -0.39 is 5.97 Å². The fraction of sp³-hybridized carbons (Fsp3) is 0.417. The van der Waals surface area contributed by atoms with Gasteiger partial charge in [-0.25, -0.2) is 14.8 Å². The third-order valence-corrected chi connectivity index (χ3v) is 3.47. The predicted octanol–water partition coefficient (Wildman–Crippen LogP) is 1.66. The first-order valence-electron chi connectivity index (χ1n) is 5.95. The van der Waals surface area contributed by atoms with Gasteiger partial charge >= 0.3 is 5.97 Å². The van der Waals surface area contributed by atoms with E-state index in [0.29, 0.717) is 23.5 Å². The highest BCUT2D eigenvalue weighted by Crippen LogP contribution is 2.21. The first-order valence-corrected chi connectivity index (χ1v) is 6.48. The average molecular weight is 282 g/mol. The molecule has 1 aliphatic heterocycles. The summed E-state index contributed by atoms with van der Waals surface area (Å²) in [4.78, 5) is 19.4. The van der Waals surface area contributed by atoms with Gasteiger partial charge in [0.25, 0.3) is 0 Å². The van der Waals surface area contributed by atoms with Crippen molar-refractivity contribution in [3.8, 4) is 0 Å². The van der Waals surface area contributed by atoms with Crippen LogP contribution in [0.5, 0.6) is 0 Å². The summed E-state index contributed by atoms with van der Waals surface area (Å²) in [6.07, 6.45) is 2.45. The van der Waals surface area contributed by atoms with Crippen molar-refractivity contribution in [2.75, 3.05) is 6.61 Å². The van der Waals surface area contributed by atoms with Crippen LogP contribution in [0.3, 0.4) is 0 Å². The largest absolute Gasteiger partial charge is 0.478 e. The summed E-state index contributed by atoms with van der Waals surface area (Å²) in [6.45, 7) is 1.40. The molecule has 2 aromatic heterocycles. The Hall–Kier alpha value is -1.66. The fourth-order valence-electron chi connectivity index (χ4n) is 2.11. The summed E-state index contributed by atoms with van der Waals surface area (Å²) >= 11 is 5.88. The van der Waals surface area contributed by atoms with E-state index >= 15 is 0 Å². The predicted molar refractivity (Wildman–Crippen MR) is 68.4 cm³/mol. The maximum Gasteiger partial charge on any atom is 0.337 e.